The molecule has 39 heavy (non-hydrogen) atoms. The summed E-state index contributed by atoms with van der Waals surface area (Å²) in [6.45, 7) is 2.05. The van der Waals surface area contributed by atoms with E-state index in [0.29, 0.717) is 53.1 Å². The first-order valence-electron chi connectivity index (χ1n) is 12.5. The zero-order valence-electron chi connectivity index (χ0n) is 21.1. The Hall–Kier alpha value is -4.63. The fraction of sp³-hybridized carbons (Fsp3) is 0.172. The van der Waals surface area contributed by atoms with Crippen molar-refractivity contribution in [3.8, 4) is 17.2 Å². The Balaban J connectivity index is 1.19. The van der Waals surface area contributed by atoms with Gasteiger partial charge in [-0.15, -0.1) is 0 Å². The number of hydrogen-bond donors (Lipinski definition) is 3. The third-order valence-corrected chi connectivity index (χ3v) is 7.27. The molecule has 2 amide bonds. The fourth-order valence-electron chi connectivity index (χ4n) is 4.68. The van der Waals surface area contributed by atoms with E-state index in [1.807, 2.05) is 53.1 Å². The normalized spacial score (nSPS) is 13.8. The van der Waals surface area contributed by atoms with Crippen molar-refractivity contribution in [2.24, 2.45) is 0 Å². The Morgan fingerprint density at radius 2 is 1.85 bits per heavy atom. The third-order valence-electron chi connectivity index (χ3n) is 6.89. The first kappa shape index (κ1) is 24.7. The number of anilines is 1. The van der Waals surface area contributed by atoms with E-state index in [1.54, 1.807) is 31.2 Å². The highest BCUT2D eigenvalue weighted by atomic mass is 35.5. The largest absolute Gasteiger partial charge is 0.399 e. The minimum atomic E-state index is -0.889. The van der Waals surface area contributed by atoms with Crippen molar-refractivity contribution in [1.29, 1.82) is 0 Å². The molecule has 0 aliphatic heterocycles. The first-order valence-corrected chi connectivity index (χ1v) is 12.9. The molecule has 4 N–H and O–H groups in total. The molecule has 2 aromatic heterocycles. The molecule has 1 aliphatic rings. The molecule has 0 bridgehead atoms. The second kappa shape index (κ2) is 9.59. The Morgan fingerprint density at radius 3 is 2.54 bits per heavy atom. The SMILES string of the molecule is Cc1nc(-c2c(Cl)c3ccccc3n2-c2ccc(CNC(=O)C3(NC(=O)c4cccc(N)c4)CC3)cc2)no1. The molecule has 9 nitrogen and oxygen atoms in total. The van der Waals surface area contributed by atoms with E-state index in [-0.39, 0.29) is 11.8 Å². The summed E-state index contributed by atoms with van der Waals surface area (Å²) < 4.78 is 7.21. The van der Waals surface area contributed by atoms with Crippen molar-refractivity contribution in [1.82, 2.24) is 25.3 Å². The van der Waals surface area contributed by atoms with Gasteiger partial charge in [0.25, 0.3) is 5.91 Å². The molecule has 1 fully saturated rings. The standard InChI is InChI=1S/C29H25ClN6O3/c1-17-33-26(35-39-17)25-24(30)22-7-2-3-8-23(22)36(25)21-11-9-18(10-12-21)16-32-28(38)29(13-14-29)34-27(37)19-5-4-6-20(31)15-19/h2-12,15H,13-14,16,31H2,1H3,(H,32,38)(H,34,37). The Labute approximate surface area is 229 Å². The van der Waals surface area contributed by atoms with Crippen LogP contribution in [0.1, 0.15) is 34.7 Å². The maximum absolute atomic E-state index is 13.0. The summed E-state index contributed by atoms with van der Waals surface area (Å²) >= 11 is 6.78. The first-order chi connectivity index (χ1) is 18.8. The van der Waals surface area contributed by atoms with E-state index >= 15 is 0 Å². The van der Waals surface area contributed by atoms with Gasteiger partial charge in [0.2, 0.25) is 17.6 Å². The number of benzene rings is 3. The number of fused-ring (bicyclic) bond motifs is 1. The van der Waals surface area contributed by atoms with Gasteiger partial charge in [0, 0.05) is 35.8 Å². The van der Waals surface area contributed by atoms with Crippen LogP contribution in [0.3, 0.4) is 0 Å². The molecule has 3 aromatic carbocycles. The topological polar surface area (TPSA) is 128 Å². The summed E-state index contributed by atoms with van der Waals surface area (Å²) in [6, 6.07) is 22.3. The van der Waals surface area contributed by atoms with Gasteiger partial charge in [0.05, 0.1) is 10.5 Å². The minimum absolute atomic E-state index is 0.207. The van der Waals surface area contributed by atoms with Crippen LogP contribution in [0.25, 0.3) is 28.1 Å². The van der Waals surface area contributed by atoms with Crippen molar-refractivity contribution < 1.29 is 14.1 Å². The number of amides is 2. The molecule has 6 rings (SSSR count). The van der Waals surface area contributed by atoms with Crippen molar-refractivity contribution in [3.63, 3.8) is 0 Å². The number of nitrogen functional groups attached to an aromatic ring is 1. The quantitative estimate of drug-likeness (QED) is 0.254. The molecule has 1 aliphatic carbocycles. The van der Waals surface area contributed by atoms with Crippen LogP contribution >= 0.6 is 11.6 Å². The lowest BCUT2D eigenvalue weighted by atomic mass is 10.1. The number of para-hydroxylation sites is 1. The van der Waals surface area contributed by atoms with Gasteiger partial charge < -0.3 is 25.5 Å². The fourth-order valence-corrected chi connectivity index (χ4v) is 5.01. The molecule has 0 unspecified atom stereocenters. The number of halogens is 1. The Bertz CT molecular complexity index is 1720. The van der Waals surface area contributed by atoms with Crippen molar-refractivity contribution in [3.05, 3.63) is 94.8 Å². The summed E-state index contributed by atoms with van der Waals surface area (Å²) in [5.41, 5.74) is 9.14. The van der Waals surface area contributed by atoms with Gasteiger partial charge in [0.1, 0.15) is 11.2 Å². The second-order valence-electron chi connectivity index (χ2n) is 9.66. The number of hydrogen-bond acceptors (Lipinski definition) is 6. The van der Waals surface area contributed by atoms with Gasteiger partial charge in [-0.3, -0.25) is 9.59 Å². The lowest BCUT2D eigenvalue weighted by molar-refractivity contribution is -0.124. The molecule has 0 atom stereocenters. The number of rotatable bonds is 7. The summed E-state index contributed by atoms with van der Waals surface area (Å²) in [7, 11) is 0. The average molecular weight is 541 g/mol. The maximum Gasteiger partial charge on any atom is 0.252 e. The number of carbonyl (C=O) groups is 2. The lowest BCUT2D eigenvalue weighted by Crippen LogP contribution is -2.48. The molecule has 10 heteroatoms. The van der Waals surface area contributed by atoms with Crippen LogP contribution in [0.2, 0.25) is 5.02 Å². The van der Waals surface area contributed by atoms with Gasteiger partial charge in [-0.25, -0.2) is 0 Å². The maximum atomic E-state index is 13.0. The van der Waals surface area contributed by atoms with Crippen LogP contribution in [0.4, 0.5) is 5.69 Å². The van der Waals surface area contributed by atoms with E-state index in [2.05, 4.69) is 20.8 Å². The minimum Gasteiger partial charge on any atom is -0.399 e. The second-order valence-corrected chi connectivity index (χ2v) is 10.0. The van der Waals surface area contributed by atoms with Crippen LogP contribution in [0.5, 0.6) is 0 Å². The van der Waals surface area contributed by atoms with E-state index in [1.165, 1.54) is 0 Å². The van der Waals surface area contributed by atoms with Crippen LogP contribution in [-0.4, -0.2) is 32.1 Å². The number of nitrogens with one attached hydrogen (secondary N) is 2. The zero-order valence-corrected chi connectivity index (χ0v) is 21.8. The summed E-state index contributed by atoms with van der Waals surface area (Å²) in [6.07, 6.45) is 1.18. The number of nitrogens with two attached hydrogens (primary N) is 1. The van der Waals surface area contributed by atoms with Crippen LogP contribution in [0, 0.1) is 6.92 Å². The predicted octanol–water partition coefficient (Wildman–Crippen LogP) is 4.80. The van der Waals surface area contributed by atoms with Gasteiger partial charge in [-0.1, -0.05) is 53.2 Å². The zero-order chi connectivity index (χ0) is 27.1. The lowest BCUT2D eigenvalue weighted by Gasteiger charge is -2.18. The van der Waals surface area contributed by atoms with E-state index < -0.39 is 5.54 Å². The van der Waals surface area contributed by atoms with Gasteiger partial charge in [-0.05, 0) is 54.8 Å². The highest BCUT2D eigenvalue weighted by molar-refractivity contribution is 6.38. The summed E-state index contributed by atoms with van der Waals surface area (Å²) in [4.78, 5) is 30.0. The van der Waals surface area contributed by atoms with E-state index in [4.69, 9.17) is 21.9 Å². The highest BCUT2D eigenvalue weighted by Gasteiger charge is 2.51. The van der Waals surface area contributed by atoms with Gasteiger partial charge in [-0.2, -0.15) is 4.98 Å². The molecular formula is C29H25ClN6O3. The molecular weight excluding hydrogens is 516 g/mol. The van der Waals surface area contributed by atoms with Crippen molar-refractivity contribution in [2.75, 3.05) is 5.73 Å². The Kier molecular flexibility index (Phi) is 6.07. The molecule has 1 saturated carbocycles. The van der Waals surface area contributed by atoms with Gasteiger partial charge in [0.15, 0.2) is 0 Å². The van der Waals surface area contributed by atoms with Gasteiger partial charge >= 0.3 is 0 Å². The molecule has 196 valence electrons. The van der Waals surface area contributed by atoms with Crippen LogP contribution in [0.15, 0.2) is 77.3 Å². The summed E-state index contributed by atoms with van der Waals surface area (Å²) in [5, 5.41) is 11.4. The molecule has 0 radical (unpaired) electrons. The third kappa shape index (κ3) is 4.61. The van der Waals surface area contributed by atoms with Crippen molar-refractivity contribution >= 4 is 40.0 Å². The smallest absolute Gasteiger partial charge is 0.252 e. The molecule has 5 aromatic rings. The van der Waals surface area contributed by atoms with Crippen LogP contribution < -0.4 is 16.4 Å². The molecule has 0 spiro atoms. The number of carbonyl (C=O) groups excluding carboxylic acids is 2. The summed E-state index contributed by atoms with van der Waals surface area (Å²) in [5.74, 6) is 0.327. The highest BCUT2D eigenvalue weighted by Crippen LogP contribution is 2.39. The van der Waals surface area contributed by atoms with E-state index in [9.17, 15) is 9.59 Å². The monoisotopic (exact) mass is 540 g/mol. The van der Waals surface area contributed by atoms with Crippen LogP contribution in [-0.2, 0) is 11.3 Å². The Morgan fingerprint density at radius 1 is 1.08 bits per heavy atom. The number of aromatic nitrogens is 3. The predicted molar refractivity (Wildman–Crippen MR) is 148 cm³/mol. The van der Waals surface area contributed by atoms with E-state index in [0.717, 1.165) is 22.2 Å². The average Bonchev–Trinajstić information content (AvgIpc) is 3.51. The molecule has 0 saturated heterocycles. The number of aryl methyl sites for hydroxylation is 1. The number of nitrogens with zero attached hydrogens (tertiary/aromatic N) is 3. The van der Waals surface area contributed by atoms with Crippen molar-refractivity contribution in [2.45, 2.75) is 31.8 Å². The molecule has 2 heterocycles.